The molecule has 1 N–H and O–H groups in total. The minimum Gasteiger partial charge on any atom is -0.373 e. The first-order valence-corrected chi connectivity index (χ1v) is 8.85. The number of nitrogens with one attached hydrogen (secondary N) is 1. The highest BCUT2D eigenvalue weighted by molar-refractivity contribution is 7.11. The van der Waals surface area contributed by atoms with Crippen LogP contribution in [-0.4, -0.2) is 47.5 Å². The molecule has 0 saturated carbocycles. The second-order valence-electron chi connectivity index (χ2n) is 5.82. The number of thiazole rings is 1. The van der Waals surface area contributed by atoms with Crippen molar-refractivity contribution in [3.63, 3.8) is 0 Å². The highest BCUT2D eigenvalue weighted by atomic mass is 32.1. The molecule has 24 heavy (non-hydrogen) atoms. The second-order valence-corrected chi connectivity index (χ2v) is 7.10. The van der Waals surface area contributed by atoms with Gasteiger partial charge in [0.2, 0.25) is 5.91 Å². The number of nitrogens with zero attached hydrogens (tertiary/aromatic N) is 3. The van der Waals surface area contributed by atoms with E-state index in [1.165, 1.54) is 0 Å². The maximum atomic E-state index is 12.6. The van der Waals surface area contributed by atoms with Crippen LogP contribution in [0.5, 0.6) is 0 Å². The lowest BCUT2D eigenvalue weighted by Gasteiger charge is -2.32. The standard InChI is InChI=1S/C17H22N4O2S/c1-11-15(24-12(2)19-11)9-17(22)21-7-8-23-14(10-21)13-5-4-6-16(18-3)20-13/h4-6,14H,7-10H2,1-3H3,(H,18,20). The number of amides is 1. The Morgan fingerprint density at radius 2 is 2.25 bits per heavy atom. The van der Waals surface area contributed by atoms with Crippen LogP contribution in [0.2, 0.25) is 0 Å². The van der Waals surface area contributed by atoms with Crippen LogP contribution in [0.4, 0.5) is 5.82 Å². The Morgan fingerprint density at radius 1 is 1.42 bits per heavy atom. The lowest BCUT2D eigenvalue weighted by molar-refractivity contribution is -0.138. The third kappa shape index (κ3) is 3.73. The van der Waals surface area contributed by atoms with Gasteiger partial charge in [0, 0.05) is 18.5 Å². The van der Waals surface area contributed by atoms with Crippen molar-refractivity contribution in [3.05, 3.63) is 39.5 Å². The van der Waals surface area contributed by atoms with E-state index in [1.54, 1.807) is 11.3 Å². The second kappa shape index (κ2) is 7.27. The molecule has 3 heterocycles. The van der Waals surface area contributed by atoms with Gasteiger partial charge in [0.15, 0.2) is 0 Å². The van der Waals surface area contributed by atoms with E-state index in [-0.39, 0.29) is 12.0 Å². The molecular formula is C17H22N4O2S. The average Bonchev–Trinajstić information content (AvgIpc) is 2.92. The number of aryl methyl sites for hydroxylation is 2. The van der Waals surface area contributed by atoms with Gasteiger partial charge in [0.1, 0.15) is 11.9 Å². The van der Waals surface area contributed by atoms with Crippen LogP contribution < -0.4 is 5.32 Å². The van der Waals surface area contributed by atoms with E-state index in [0.717, 1.165) is 27.1 Å². The van der Waals surface area contributed by atoms with Crippen LogP contribution in [-0.2, 0) is 16.0 Å². The molecule has 1 fully saturated rings. The van der Waals surface area contributed by atoms with Crippen LogP contribution in [0.15, 0.2) is 18.2 Å². The van der Waals surface area contributed by atoms with E-state index < -0.39 is 0 Å². The third-order valence-corrected chi connectivity index (χ3v) is 5.16. The summed E-state index contributed by atoms with van der Waals surface area (Å²) in [6, 6.07) is 5.79. The number of aromatic nitrogens is 2. The maximum Gasteiger partial charge on any atom is 0.228 e. The van der Waals surface area contributed by atoms with Crippen LogP contribution in [0, 0.1) is 13.8 Å². The van der Waals surface area contributed by atoms with Gasteiger partial charge in [-0.2, -0.15) is 0 Å². The summed E-state index contributed by atoms with van der Waals surface area (Å²) in [6.45, 7) is 5.62. The predicted octanol–water partition coefficient (Wildman–Crippen LogP) is 2.34. The summed E-state index contributed by atoms with van der Waals surface area (Å²) >= 11 is 1.60. The van der Waals surface area contributed by atoms with Gasteiger partial charge in [-0.15, -0.1) is 11.3 Å². The average molecular weight is 346 g/mol. The summed E-state index contributed by atoms with van der Waals surface area (Å²) in [6.07, 6.45) is 0.230. The molecule has 0 spiro atoms. The van der Waals surface area contributed by atoms with Gasteiger partial charge >= 0.3 is 0 Å². The Bertz CT molecular complexity index is 731. The van der Waals surface area contributed by atoms with Crippen molar-refractivity contribution in [2.45, 2.75) is 26.4 Å². The molecule has 128 valence electrons. The molecule has 1 aliphatic heterocycles. The number of ether oxygens (including phenoxy) is 1. The summed E-state index contributed by atoms with van der Waals surface area (Å²) in [4.78, 5) is 24.5. The fourth-order valence-corrected chi connectivity index (χ4v) is 3.74. The Hall–Kier alpha value is -1.99. The first-order chi connectivity index (χ1) is 11.6. The van der Waals surface area contributed by atoms with E-state index in [1.807, 2.05) is 44.0 Å². The molecule has 1 amide bonds. The van der Waals surface area contributed by atoms with Crippen LogP contribution in [0.1, 0.15) is 27.4 Å². The summed E-state index contributed by atoms with van der Waals surface area (Å²) in [7, 11) is 1.84. The fourth-order valence-electron chi connectivity index (χ4n) is 2.81. The van der Waals surface area contributed by atoms with Crippen molar-refractivity contribution in [2.24, 2.45) is 0 Å². The van der Waals surface area contributed by atoms with Crippen molar-refractivity contribution < 1.29 is 9.53 Å². The number of hydrogen-bond donors (Lipinski definition) is 1. The number of anilines is 1. The van der Waals surface area contributed by atoms with Crippen LogP contribution >= 0.6 is 11.3 Å². The Labute approximate surface area is 145 Å². The molecule has 6 nitrogen and oxygen atoms in total. The van der Waals surface area contributed by atoms with Crippen molar-refractivity contribution in [1.29, 1.82) is 0 Å². The number of carbonyl (C=O) groups is 1. The Kier molecular flexibility index (Phi) is 5.11. The molecule has 0 aliphatic carbocycles. The van der Waals surface area contributed by atoms with E-state index in [2.05, 4.69) is 15.3 Å². The molecule has 3 rings (SSSR count). The zero-order valence-corrected chi connectivity index (χ0v) is 15.0. The summed E-state index contributed by atoms with van der Waals surface area (Å²) in [5, 5.41) is 4.03. The smallest absolute Gasteiger partial charge is 0.228 e. The van der Waals surface area contributed by atoms with Crippen LogP contribution in [0.25, 0.3) is 0 Å². The quantitative estimate of drug-likeness (QED) is 0.920. The normalized spacial score (nSPS) is 17.8. The van der Waals surface area contributed by atoms with Gasteiger partial charge in [0.05, 0.1) is 36.0 Å². The van der Waals surface area contributed by atoms with Crippen molar-refractivity contribution in [3.8, 4) is 0 Å². The number of hydrogen-bond acceptors (Lipinski definition) is 6. The molecular weight excluding hydrogens is 324 g/mol. The topological polar surface area (TPSA) is 67.4 Å². The number of rotatable bonds is 4. The van der Waals surface area contributed by atoms with Gasteiger partial charge in [0.25, 0.3) is 0 Å². The summed E-state index contributed by atoms with van der Waals surface area (Å²) < 4.78 is 5.83. The zero-order valence-electron chi connectivity index (χ0n) is 14.2. The largest absolute Gasteiger partial charge is 0.373 e. The molecule has 1 unspecified atom stereocenters. The van der Waals surface area contributed by atoms with E-state index in [9.17, 15) is 4.79 Å². The lowest BCUT2D eigenvalue weighted by Crippen LogP contribution is -2.43. The maximum absolute atomic E-state index is 12.6. The van der Waals surface area contributed by atoms with Crippen molar-refractivity contribution >= 4 is 23.1 Å². The number of morpholine rings is 1. The predicted molar refractivity (Wildman–Crippen MR) is 94.3 cm³/mol. The van der Waals surface area contributed by atoms with Crippen molar-refractivity contribution in [1.82, 2.24) is 14.9 Å². The summed E-state index contributed by atoms with van der Waals surface area (Å²) in [5.41, 5.74) is 1.81. The van der Waals surface area contributed by atoms with Gasteiger partial charge in [-0.25, -0.2) is 9.97 Å². The third-order valence-electron chi connectivity index (χ3n) is 4.09. The Morgan fingerprint density at radius 3 is 2.96 bits per heavy atom. The Balaban J connectivity index is 1.68. The minimum absolute atomic E-state index is 0.125. The van der Waals surface area contributed by atoms with Gasteiger partial charge < -0.3 is 15.0 Å². The number of pyridine rings is 1. The molecule has 1 aliphatic rings. The van der Waals surface area contributed by atoms with E-state index in [0.29, 0.717) is 26.1 Å². The molecule has 1 atom stereocenters. The highest BCUT2D eigenvalue weighted by Gasteiger charge is 2.27. The molecule has 0 radical (unpaired) electrons. The van der Waals surface area contributed by atoms with Gasteiger partial charge in [-0.05, 0) is 26.0 Å². The first kappa shape index (κ1) is 16.9. The first-order valence-electron chi connectivity index (χ1n) is 8.04. The van der Waals surface area contributed by atoms with Crippen LogP contribution in [0.3, 0.4) is 0 Å². The summed E-state index contributed by atoms with van der Waals surface area (Å²) in [5.74, 6) is 0.926. The fraction of sp³-hybridized carbons (Fsp3) is 0.471. The SMILES string of the molecule is CNc1cccc(C2CN(C(=O)Cc3sc(C)nc3C)CCO2)n1. The highest BCUT2D eigenvalue weighted by Crippen LogP contribution is 2.24. The molecule has 2 aromatic heterocycles. The number of carbonyl (C=O) groups excluding carboxylic acids is 1. The molecule has 7 heteroatoms. The van der Waals surface area contributed by atoms with E-state index in [4.69, 9.17) is 4.74 Å². The monoisotopic (exact) mass is 346 g/mol. The molecule has 0 bridgehead atoms. The molecule has 0 aromatic carbocycles. The van der Waals surface area contributed by atoms with E-state index >= 15 is 0 Å². The van der Waals surface area contributed by atoms with Crippen molar-refractivity contribution in [2.75, 3.05) is 32.1 Å². The molecule has 2 aromatic rings. The van der Waals surface area contributed by atoms with Gasteiger partial charge in [-0.1, -0.05) is 6.07 Å². The zero-order chi connectivity index (χ0) is 17.1. The minimum atomic E-state index is -0.180. The lowest BCUT2D eigenvalue weighted by atomic mass is 10.1. The molecule has 1 saturated heterocycles. The van der Waals surface area contributed by atoms with Gasteiger partial charge in [-0.3, -0.25) is 4.79 Å².